The average Bonchev–Trinajstić information content (AvgIpc) is 3.57. The van der Waals surface area contributed by atoms with Crippen LogP contribution in [-0.2, 0) is 18.4 Å². The van der Waals surface area contributed by atoms with Gasteiger partial charge in [0.05, 0.1) is 18.1 Å². The molecule has 36 heavy (non-hydrogen) atoms. The number of H-pyrrole nitrogens is 1. The van der Waals surface area contributed by atoms with Crippen LogP contribution >= 0.6 is 0 Å². The lowest BCUT2D eigenvalue weighted by Crippen LogP contribution is -2.08. The summed E-state index contributed by atoms with van der Waals surface area (Å²) in [7, 11) is 1.90. The van der Waals surface area contributed by atoms with E-state index < -0.39 is 0 Å². The Morgan fingerprint density at radius 3 is 2.58 bits per heavy atom. The Morgan fingerprint density at radius 1 is 1.11 bits per heavy atom. The number of carbonyl (C=O) groups is 1. The van der Waals surface area contributed by atoms with Crippen LogP contribution in [0.15, 0.2) is 55.6 Å². The number of hydrogen-bond acceptors (Lipinski definition) is 4. The van der Waals surface area contributed by atoms with E-state index in [1.807, 2.05) is 55.6 Å². The molecule has 0 radical (unpaired) electrons. The largest absolute Gasteiger partial charge is 0.339 e. The molecule has 0 aliphatic carbocycles. The summed E-state index contributed by atoms with van der Waals surface area (Å²) in [4.78, 5) is 20.5. The lowest BCUT2D eigenvalue weighted by atomic mass is 9.93. The Balaban J connectivity index is 1.80. The SMILES string of the molecule is C=CC(=O)Nc1cc(-c2c(-c3cnn(C)c3)[nH]c3ncc(-c4cnn(CC)c4C)c(C)c23)ccc1C. The summed E-state index contributed by atoms with van der Waals surface area (Å²) in [5, 5.41) is 12.9. The van der Waals surface area contributed by atoms with Gasteiger partial charge in [-0.15, -0.1) is 0 Å². The highest BCUT2D eigenvalue weighted by atomic mass is 16.1. The van der Waals surface area contributed by atoms with Gasteiger partial charge in [-0.05, 0) is 56.5 Å². The summed E-state index contributed by atoms with van der Waals surface area (Å²) in [6, 6.07) is 6.10. The van der Waals surface area contributed by atoms with Gasteiger partial charge in [-0.25, -0.2) is 4.98 Å². The fraction of sp³-hybridized carbons (Fsp3) is 0.214. The molecule has 2 N–H and O–H groups in total. The second-order valence-electron chi connectivity index (χ2n) is 8.98. The number of anilines is 1. The van der Waals surface area contributed by atoms with Gasteiger partial charge in [-0.1, -0.05) is 18.7 Å². The van der Waals surface area contributed by atoms with Gasteiger partial charge < -0.3 is 10.3 Å². The van der Waals surface area contributed by atoms with Crippen LogP contribution in [0.1, 0.15) is 23.7 Å². The zero-order valence-corrected chi connectivity index (χ0v) is 21.2. The topological polar surface area (TPSA) is 93.4 Å². The number of amides is 1. The highest BCUT2D eigenvalue weighted by molar-refractivity contribution is 6.07. The second kappa shape index (κ2) is 8.96. The Kier molecular flexibility index (Phi) is 5.80. The molecule has 4 heterocycles. The maximum absolute atomic E-state index is 12.1. The van der Waals surface area contributed by atoms with E-state index in [0.29, 0.717) is 0 Å². The van der Waals surface area contributed by atoms with Crippen molar-refractivity contribution in [3.05, 3.63) is 72.5 Å². The molecule has 8 nitrogen and oxygen atoms in total. The molecular weight excluding hydrogens is 450 g/mol. The van der Waals surface area contributed by atoms with Crippen molar-refractivity contribution in [2.24, 2.45) is 7.05 Å². The minimum atomic E-state index is -0.245. The number of aromatic amines is 1. The van der Waals surface area contributed by atoms with Gasteiger partial charge in [0.1, 0.15) is 5.65 Å². The van der Waals surface area contributed by atoms with Gasteiger partial charge in [0.2, 0.25) is 5.91 Å². The number of benzene rings is 1. The number of pyridine rings is 1. The molecule has 0 bridgehead atoms. The molecule has 0 saturated carbocycles. The summed E-state index contributed by atoms with van der Waals surface area (Å²) in [6.07, 6.45) is 8.93. The van der Waals surface area contributed by atoms with E-state index in [4.69, 9.17) is 4.98 Å². The first kappa shape index (κ1) is 23.3. The van der Waals surface area contributed by atoms with Crippen molar-refractivity contribution in [1.82, 2.24) is 29.5 Å². The van der Waals surface area contributed by atoms with Crippen molar-refractivity contribution < 1.29 is 4.79 Å². The molecule has 1 aromatic carbocycles. The van der Waals surface area contributed by atoms with Gasteiger partial charge >= 0.3 is 0 Å². The second-order valence-corrected chi connectivity index (χ2v) is 8.98. The van der Waals surface area contributed by atoms with E-state index in [1.165, 1.54) is 6.08 Å². The summed E-state index contributed by atoms with van der Waals surface area (Å²) in [5.74, 6) is -0.245. The summed E-state index contributed by atoms with van der Waals surface area (Å²) in [5.41, 5.74) is 10.7. The standard InChI is InChI=1S/C28H29N7O/c1-7-24(36)32-23-11-19(10-9-16(23)3)26-25-17(4)21(22-14-31-35(8-2)18(22)5)13-29-28(25)33-27(26)20-12-30-34(6)15-20/h7,9-15H,1,8H2,2-6H3,(H,29,33)(H,32,36). The predicted octanol–water partition coefficient (Wildman–Crippen LogP) is 5.56. The van der Waals surface area contributed by atoms with Crippen LogP contribution in [0.5, 0.6) is 0 Å². The average molecular weight is 480 g/mol. The molecule has 4 aromatic heterocycles. The summed E-state index contributed by atoms with van der Waals surface area (Å²) < 4.78 is 3.77. The van der Waals surface area contributed by atoms with Crippen LogP contribution in [-0.4, -0.2) is 35.4 Å². The minimum absolute atomic E-state index is 0.245. The number of nitrogens with one attached hydrogen (secondary N) is 2. The highest BCUT2D eigenvalue weighted by Gasteiger charge is 2.22. The van der Waals surface area contributed by atoms with Crippen LogP contribution in [0.4, 0.5) is 5.69 Å². The van der Waals surface area contributed by atoms with Gasteiger partial charge in [-0.3, -0.25) is 14.2 Å². The molecule has 0 unspecified atom stereocenters. The molecule has 0 saturated heterocycles. The van der Waals surface area contributed by atoms with Crippen LogP contribution in [0.2, 0.25) is 0 Å². The summed E-state index contributed by atoms with van der Waals surface area (Å²) in [6.45, 7) is 12.7. The van der Waals surface area contributed by atoms with E-state index >= 15 is 0 Å². The number of rotatable bonds is 6. The zero-order chi connectivity index (χ0) is 25.6. The highest BCUT2D eigenvalue weighted by Crippen LogP contribution is 2.42. The fourth-order valence-electron chi connectivity index (χ4n) is 4.76. The third kappa shape index (κ3) is 3.80. The van der Waals surface area contributed by atoms with Crippen molar-refractivity contribution in [3.63, 3.8) is 0 Å². The predicted molar refractivity (Wildman–Crippen MR) is 144 cm³/mol. The van der Waals surface area contributed by atoms with E-state index in [1.54, 1.807) is 4.68 Å². The first-order valence-corrected chi connectivity index (χ1v) is 11.9. The maximum Gasteiger partial charge on any atom is 0.247 e. The number of hydrogen-bond donors (Lipinski definition) is 2. The summed E-state index contributed by atoms with van der Waals surface area (Å²) >= 11 is 0. The zero-order valence-electron chi connectivity index (χ0n) is 21.2. The van der Waals surface area contributed by atoms with Crippen molar-refractivity contribution in [2.75, 3.05) is 5.32 Å². The lowest BCUT2D eigenvalue weighted by Gasteiger charge is -2.12. The van der Waals surface area contributed by atoms with Crippen LogP contribution < -0.4 is 5.32 Å². The first-order chi connectivity index (χ1) is 17.3. The normalized spacial score (nSPS) is 11.2. The van der Waals surface area contributed by atoms with Crippen LogP contribution in [0, 0.1) is 20.8 Å². The van der Waals surface area contributed by atoms with E-state index in [0.717, 1.165) is 73.6 Å². The van der Waals surface area contributed by atoms with Crippen LogP contribution in [0.3, 0.4) is 0 Å². The quantitative estimate of drug-likeness (QED) is 0.312. The number of fused-ring (bicyclic) bond motifs is 1. The molecule has 5 aromatic rings. The minimum Gasteiger partial charge on any atom is -0.339 e. The maximum atomic E-state index is 12.1. The molecule has 5 rings (SSSR count). The van der Waals surface area contributed by atoms with E-state index in [9.17, 15) is 4.79 Å². The molecular formula is C28H29N7O. The Bertz CT molecular complexity index is 1630. The molecule has 0 aliphatic rings. The number of aryl methyl sites for hydroxylation is 4. The van der Waals surface area contributed by atoms with Crippen molar-refractivity contribution >= 4 is 22.6 Å². The molecule has 182 valence electrons. The number of nitrogens with zero attached hydrogens (tertiary/aromatic N) is 5. The number of carbonyl (C=O) groups excluding carboxylic acids is 1. The molecule has 1 amide bonds. The third-order valence-corrected chi connectivity index (χ3v) is 6.74. The van der Waals surface area contributed by atoms with Crippen molar-refractivity contribution in [2.45, 2.75) is 34.2 Å². The van der Waals surface area contributed by atoms with Gasteiger partial charge in [0.25, 0.3) is 0 Å². The molecule has 0 aliphatic heterocycles. The molecule has 0 fully saturated rings. The Morgan fingerprint density at radius 2 is 1.92 bits per heavy atom. The molecule has 0 atom stereocenters. The lowest BCUT2D eigenvalue weighted by molar-refractivity contribution is -0.111. The molecule has 8 heteroatoms. The van der Waals surface area contributed by atoms with Crippen molar-refractivity contribution in [3.8, 4) is 33.5 Å². The van der Waals surface area contributed by atoms with Gasteiger partial charge in [-0.2, -0.15) is 10.2 Å². The monoisotopic (exact) mass is 479 g/mol. The van der Waals surface area contributed by atoms with Gasteiger partial charge in [0, 0.05) is 65.0 Å². The fourth-order valence-corrected chi connectivity index (χ4v) is 4.76. The molecule has 0 spiro atoms. The number of aromatic nitrogens is 6. The smallest absolute Gasteiger partial charge is 0.247 e. The van der Waals surface area contributed by atoms with Crippen LogP contribution in [0.25, 0.3) is 44.5 Å². The van der Waals surface area contributed by atoms with E-state index in [2.05, 4.69) is 53.9 Å². The Hall–Kier alpha value is -4.46. The van der Waals surface area contributed by atoms with E-state index in [-0.39, 0.29) is 5.91 Å². The Labute approximate surface area is 209 Å². The van der Waals surface area contributed by atoms with Crippen molar-refractivity contribution in [1.29, 1.82) is 0 Å². The van der Waals surface area contributed by atoms with Gasteiger partial charge in [0.15, 0.2) is 0 Å². The first-order valence-electron chi connectivity index (χ1n) is 11.9. The third-order valence-electron chi connectivity index (χ3n) is 6.74.